The van der Waals surface area contributed by atoms with Crippen LogP contribution in [-0.4, -0.2) is 123 Å². The Morgan fingerprint density at radius 2 is 0.843 bits per heavy atom. The van der Waals surface area contributed by atoms with Crippen molar-refractivity contribution in [1.82, 2.24) is 0 Å². The molecule has 0 saturated carbocycles. The summed E-state index contributed by atoms with van der Waals surface area (Å²) in [5, 5.41) is 0. The predicted molar refractivity (Wildman–Crippen MR) is 155 cm³/mol. The SMILES string of the molecule is COC(F)(CF)C(F)(F)F.COC(F)(CF)C(F)(F)F.COOC.CO[SiH2]CC[Si](C)(C)CCF.FI.FOCC(F)(F)F.FOCC(F)(F)F. The third-order valence-corrected chi connectivity index (χ3v) is 9.42. The van der Waals surface area contributed by atoms with E-state index >= 15 is 0 Å². The molecule has 30 heteroatoms. The van der Waals surface area contributed by atoms with Gasteiger partial charge in [0.25, 0.3) is 0 Å². The first-order valence-electron chi connectivity index (χ1n) is 12.5. The summed E-state index contributed by atoms with van der Waals surface area (Å²) in [6.45, 7) is -3.72. The molecule has 0 aliphatic rings. The molecular formula is C21H39F20IO7Si2. The van der Waals surface area contributed by atoms with Gasteiger partial charge in [-0.2, -0.15) is 74.2 Å². The standard InChI is InChI=1S/C7H19FOSi2.2C4H5F5O.2C2H2F4O.C2H6O2.FI/c1-9-10-5-7-11(2,3)6-4-8;2*1-10-3(6,2-5)4(7,8)9;2*3-2(4,5)1-7-6;1-3-4-2;1-2/h4-7,10H2,1-3H3;2*2H2,1H3;2*1H2;1-2H3;. The van der Waals surface area contributed by atoms with Gasteiger partial charge >= 0.3 is 36.4 Å². The summed E-state index contributed by atoms with van der Waals surface area (Å²) in [6, 6.07) is 3.30. The summed E-state index contributed by atoms with van der Waals surface area (Å²) in [5.74, 6) is -8.29. The maximum Gasteiger partial charge on any atom is 0.451 e. The Hall–Kier alpha value is -0.516. The van der Waals surface area contributed by atoms with Gasteiger partial charge in [0, 0.05) is 29.4 Å². The highest BCUT2D eigenvalue weighted by Crippen LogP contribution is 2.35. The van der Waals surface area contributed by atoms with Crippen LogP contribution in [0, 0.1) is 0 Å². The average molecular weight is 967 g/mol. The van der Waals surface area contributed by atoms with Crippen molar-refractivity contribution in [3.05, 3.63) is 0 Å². The summed E-state index contributed by atoms with van der Waals surface area (Å²) in [5.41, 5.74) is 0. The number of ether oxygens (including phenoxy) is 2. The Balaban J connectivity index is -0.0000000920. The molecule has 0 amide bonds. The molecule has 0 aliphatic carbocycles. The largest absolute Gasteiger partial charge is 0.451 e. The molecule has 0 radical (unpaired) electrons. The Labute approximate surface area is 297 Å². The van der Waals surface area contributed by atoms with Crippen molar-refractivity contribution in [2.24, 2.45) is 0 Å². The van der Waals surface area contributed by atoms with Gasteiger partial charge in [-0.15, -0.1) is 0 Å². The molecule has 0 heterocycles. The van der Waals surface area contributed by atoms with Crippen molar-refractivity contribution in [3.8, 4) is 0 Å². The highest BCUT2D eigenvalue weighted by molar-refractivity contribution is 14.1. The maximum atomic E-state index is 12.0. The van der Waals surface area contributed by atoms with Crippen molar-refractivity contribution >= 4 is 41.0 Å². The molecule has 0 spiro atoms. The lowest BCUT2D eigenvalue weighted by Crippen LogP contribution is -2.44. The molecule has 320 valence electrons. The minimum atomic E-state index is -5.31. The third kappa shape index (κ3) is 47.5. The van der Waals surface area contributed by atoms with Crippen LogP contribution in [0.3, 0.4) is 0 Å². The second kappa shape index (κ2) is 35.2. The van der Waals surface area contributed by atoms with E-state index in [2.05, 4.69) is 42.2 Å². The Kier molecular flexibility index (Phi) is 45.1. The second-order valence-corrected chi connectivity index (χ2v) is 15.9. The molecule has 0 fully saturated rings. The van der Waals surface area contributed by atoms with Crippen LogP contribution in [0.4, 0.5) is 86.5 Å². The first-order valence-corrected chi connectivity index (χ1v) is 18.3. The zero-order valence-corrected chi connectivity index (χ0v) is 32.2. The Bertz CT molecular complexity index is 668. The number of methoxy groups -OCH3 is 2. The minimum Gasteiger partial charge on any atom is -0.427 e. The molecule has 0 aromatic rings. The molecule has 0 rings (SSSR count). The van der Waals surface area contributed by atoms with E-state index in [0.717, 1.165) is 6.04 Å². The summed E-state index contributed by atoms with van der Waals surface area (Å²) in [6.07, 6.45) is -19.7. The molecule has 0 saturated heterocycles. The minimum absolute atomic E-state index is 0.131. The molecule has 2 atom stereocenters. The fourth-order valence-corrected chi connectivity index (χ4v) is 7.15. The summed E-state index contributed by atoms with van der Waals surface area (Å²) in [7, 11) is 4.17. The van der Waals surface area contributed by atoms with Gasteiger partial charge in [0.15, 0.2) is 59.5 Å². The number of halogens is 21. The number of hydrogen-bond donors (Lipinski definition) is 0. The molecule has 2 unspecified atom stereocenters. The monoisotopic (exact) mass is 966 g/mol. The quantitative estimate of drug-likeness (QED) is 0.0455. The number of hydrogen-bond acceptors (Lipinski definition) is 7. The molecule has 0 aromatic carbocycles. The molecule has 0 bridgehead atoms. The van der Waals surface area contributed by atoms with Gasteiger partial charge < -0.3 is 13.9 Å². The average Bonchev–Trinajstić information content (AvgIpc) is 3.00. The summed E-state index contributed by atoms with van der Waals surface area (Å²) >= 11 is 0.650. The molecule has 0 aliphatic heterocycles. The summed E-state index contributed by atoms with van der Waals surface area (Å²) in [4.78, 5) is 12.6. The molecule has 0 N–H and O–H groups in total. The zero-order chi connectivity index (χ0) is 42.8. The van der Waals surface area contributed by atoms with E-state index in [-0.39, 0.29) is 16.4 Å². The van der Waals surface area contributed by atoms with Gasteiger partial charge in [0.1, 0.15) is 0 Å². The lowest BCUT2D eigenvalue weighted by Gasteiger charge is -2.22. The predicted octanol–water partition coefficient (Wildman–Crippen LogP) is 9.87. The lowest BCUT2D eigenvalue weighted by atomic mass is 10.3. The van der Waals surface area contributed by atoms with E-state index in [4.69, 9.17) is 4.43 Å². The molecule has 51 heavy (non-hydrogen) atoms. The molecule has 7 nitrogen and oxygen atoms in total. The van der Waals surface area contributed by atoms with E-state index in [1.165, 1.54) is 26.3 Å². The van der Waals surface area contributed by atoms with Crippen LogP contribution in [0.2, 0.25) is 31.2 Å². The third-order valence-electron chi connectivity index (χ3n) is 4.41. The van der Waals surface area contributed by atoms with Gasteiger partial charge in [-0.05, 0) is 21.1 Å². The number of rotatable bonds is 13. The van der Waals surface area contributed by atoms with Gasteiger partial charge in [-0.1, -0.05) is 19.1 Å². The molecular weight excluding hydrogens is 927 g/mol. The zero-order valence-electron chi connectivity index (χ0n) is 27.7. The van der Waals surface area contributed by atoms with Crippen LogP contribution >= 0.6 is 23.2 Å². The smallest absolute Gasteiger partial charge is 0.427 e. The van der Waals surface area contributed by atoms with Crippen LogP contribution in [0.1, 0.15) is 0 Å². The van der Waals surface area contributed by atoms with Gasteiger partial charge in [0.2, 0.25) is 0 Å². The maximum absolute atomic E-state index is 12.0. The first kappa shape index (κ1) is 65.4. The fraction of sp³-hybridized carbons (Fsp3) is 1.00. The topological polar surface area (TPSA) is 64.6 Å². The van der Waals surface area contributed by atoms with Gasteiger partial charge in [-0.25, -0.2) is 18.6 Å². The van der Waals surface area contributed by atoms with E-state index in [9.17, 15) is 86.5 Å². The van der Waals surface area contributed by atoms with E-state index in [1.54, 1.807) is 7.11 Å². The Morgan fingerprint density at radius 1 is 0.549 bits per heavy atom. The van der Waals surface area contributed by atoms with E-state index < -0.39 is 71.1 Å². The van der Waals surface area contributed by atoms with Crippen molar-refractivity contribution in [2.45, 2.75) is 67.6 Å². The first-order chi connectivity index (χ1) is 22.9. The highest BCUT2D eigenvalue weighted by atomic mass is 127. The van der Waals surface area contributed by atoms with Crippen molar-refractivity contribution in [2.75, 3.05) is 68.8 Å². The van der Waals surface area contributed by atoms with Crippen molar-refractivity contribution in [1.29, 1.82) is 0 Å². The highest BCUT2D eigenvalue weighted by Gasteiger charge is 2.58. The number of alkyl halides is 17. The van der Waals surface area contributed by atoms with Crippen LogP contribution in [0.25, 0.3) is 0 Å². The summed E-state index contributed by atoms with van der Waals surface area (Å²) < 4.78 is 233. The second-order valence-electron chi connectivity index (χ2n) is 8.90. The lowest BCUT2D eigenvalue weighted by molar-refractivity contribution is -0.328. The van der Waals surface area contributed by atoms with Crippen molar-refractivity contribution in [3.63, 3.8) is 0 Å². The van der Waals surface area contributed by atoms with Crippen molar-refractivity contribution < 1.29 is 120 Å². The Morgan fingerprint density at radius 3 is 0.941 bits per heavy atom. The van der Waals surface area contributed by atoms with Crippen LogP contribution in [-0.2, 0) is 33.6 Å². The van der Waals surface area contributed by atoms with Gasteiger partial charge in [0.05, 0.1) is 20.9 Å². The molecule has 0 aromatic heterocycles. The fourth-order valence-electron chi connectivity index (χ4n) is 1.69. The van der Waals surface area contributed by atoms with Crippen LogP contribution < -0.4 is 0 Å². The van der Waals surface area contributed by atoms with E-state index in [0.29, 0.717) is 37.4 Å². The van der Waals surface area contributed by atoms with Crippen LogP contribution in [0.5, 0.6) is 0 Å². The normalized spacial score (nSPS) is 14.1. The van der Waals surface area contributed by atoms with Gasteiger partial charge in [-0.3, -0.25) is 4.39 Å². The van der Waals surface area contributed by atoms with Crippen LogP contribution in [0.15, 0.2) is 0 Å². The van der Waals surface area contributed by atoms with E-state index in [1.807, 2.05) is 0 Å².